The highest BCUT2D eigenvalue weighted by Gasteiger charge is 2.30. The Labute approximate surface area is 294 Å². The van der Waals surface area contributed by atoms with Gasteiger partial charge in [-0.2, -0.15) is 4.98 Å². The molecule has 3 aromatic rings. The molecule has 2 amide bonds. The average Bonchev–Trinajstić information content (AvgIpc) is 3.56. The number of aromatic nitrogens is 3. The van der Waals surface area contributed by atoms with Gasteiger partial charge >= 0.3 is 0 Å². The van der Waals surface area contributed by atoms with Crippen LogP contribution in [-0.4, -0.2) is 109 Å². The molecule has 15 heteroatoms. The smallest absolute Gasteiger partial charge is 0.260 e. The molecule has 2 aliphatic rings. The average molecular weight is 715 g/mol. The summed E-state index contributed by atoms with van der Waals surface area (Å²) in [4.78, 5) is 52.6. The number of anilines is 1. The Balaban J connectivity index is 1.56. The summed E-state index contributed by atoms with van der Waals surface area (Å²) in [6, 6.07) is 2.64. The van der Waals surface area contributed by atoms with Crippen molar-refractivity contribution in [2.75, 3.05) is 66.5 Å². The molecule has 0 bridgehead atoms. The van der Waals surface area contributed by atoms with Gasteiger partial charge in [-0.1, -0.05) is 35.9 Å². The van der Waals surface area contributed by atoms with Crippen molar-refractivity contribution in [2.45, 2.75) is 31.5 Å². The number of ether oxygens (including phenoxy) is 3. The van der Waals surface area contributed by atoms with E-state index in [0.717, 1.165) is 0 Å². The second-order valence-electron chi connectivity index (χ2n) is 12.3. The van der Waals surface area contributed by atoms with Crippen molar-refractivity contribution in [3.05, 3.63) is 63.5 Å². The summed E-state index contributed by atoms with van der Waals surface area (Å²) in [5.41, 5.74) is 0.475. The van der Waals surface area contributed by atoms with Gasteiger partial charge in [0.05, 0.1) is 48.5 Å². The summed E-state index contributed by atoms with van der Waals surface area (Å²) < 4.78 is 18.2. The maximum Gasteiger partial charge on any atom is 0.260 e. The number of carbonyl (C=O) groups is 2. The van der Waals surface area contributed by atoms with Crippen molar-refractivity contribution in [1.82, 2.24) is 29.7 Å². The number of pyridine rings is 1. The maximum absolute atomic E-state index is 14.5. The van der Waals surface area contributed by atoms with Crippen molar-refractivity contribution < 1.29 is 23.8 Å². The van der Waals surface area contributed by atoms with E-state index in [-0.39, 0.29) is 69.0 Å². The predicted octanol–water partition coefficient (Wildman–Crippen LogP) is 3.62. The Morgan fingerprint density at radius 1 is 1.14 bits per heavy atom. The number of halogens is 2. The molecule has 3 unspecified atom stereocenters. The third kappa shape index (κ3) is 8.18. The van der Waals surface area contributed by atoms with Crippen LogP contribution in [0.1, 0.15) is 12.8 Å². The van der Waals surface area contributed by atoms with Crippen LogP contribution in [0.3, 0.4) is 0 Å². The molecule has 2 fully saturated rings. The zero-order valence-electron chi connectivity index (χ0n) is 28.0. The number of rotatable bonds is 12. The SMILES string of the molecule is C=CC(=O)NC1CCOCC1Nc1ncc2cc(-c3c(Cl)c(OC)cc(OC)c3Cl)c(=O)n(CC3CCN(C(=O)/C=C/CN(C)C)C3)c2n1. The molecule has 0 saturated carbocycles. The molecule has 5 rings (SSSR count). The van der Waals surface area contributed by atoms with Gasteiger partial charge in [0.1, 0.15) is 17.1 Å². The Hall–Kier alpha value is -4.17. The summed E-state index contributed by atoms with van der Waals surface area (Å²) in [6.45, 7) is 6.31. The van der Waals surface area contributed by atoms with E-state index in [2.05, 4.69) is 22.2 Å². The van der Waals surface area contributed by atoms with Gasteiger partial charge in [0.15, 0.2) is 0 Å². The quantitative estimate of drug-likeness (QED) is 0.268. The summed E-state index contributed by atoms with van der Waals surface area (Å²) in [6.07, 6.45) is 7.55. The number of hydrogen-bond acceptors (Lipinski definition) is 10. The zero-order valence-corrected chi connectivity index (χ0v) is 29.5. The van der Waals surface area contributed by atoms with Gasteiger partial charge in [-0.15, -0.1) is 0 Å². The van der Waals surface area contributed by atoms with Gasteiger partial charge in [-0.05, 0) is 45.0 Å². The standard InChI is InChI=1S/C34H41Cl2N7O6/c1-6-27(44)38-23-10-13-49-19-24(23)39-34-37-16-21-14-22(29-30(35)25(47-4)15-26(48-5)31(29)36)33(46)43(32(21)40-34)18-20-9-12-42(17-20)28(45)8-7-11-41(2)3/h6-8,14-16,20,23-24H,1,9-13,17-19H2,2-5H3,(H,38,44)(H,37,39,40)/b8-7+. The highest BCUT2D eigenvalue weighted by atomic mass is 35.5. The molecule has 2 aliphatic heterocycles. The second-order valence-corrected chi connectivity index (χ2v) is 13.0. The van der Waals surface area contributed by atoms with Crippen molar-refractivity contribution >= 4 is 52.0 Å². The lowest BCUT2D eigenvalue weighted by molar-refractivity contribution is -0.125. The molecule has 0 radical (unpaired) electrons. The third-order valence-corrected chi connectivity index (χ3v) is 9.37. The van der Waals surface area contributed by atoms with E-state index in [9.17, 15) is 14.4 Å². The minimum absolute atomic E-state index is 0.0373. The van der Waals surface area contributed by atoms with Gasteiger partial charge < -0.3 is 34.6 Å². The molecule has 4 heterocycles. The van der Waals surface area contributed by atoms with Crippen LogP contribution in [0, 0.1) is 5.92 Å². The fraction of sp³-hybridized carbons (Fsp3) is 0.441. The molecule has 2 aromatic heterocycles. The van der Waals surface area contributed by atoms with E-state index < -0.39 is 0 Å². The topological polar surface area (TPSA) is 140 Å². The Bertz CT molecular complexity index is 1790. The van der Waals surface area contributed by atoms with Crippen molar-refractivity contribution in [1.29, 1.82) is 0 Å². The Morgan fingerprint density at radius 3 is 2.55 bits per heavy atom. The monoisotopic (exact) mass is 713 g/mol. The summed E-state index contributed by atoms with van der Waals surface area (Å²) >= 11 is 13.6. The summed E-state index contributed by atoms with van der Waals surface area (Å²) in [5.74, 6) is 0.446. The van der Waals surface area contributed by atoms with Crippen molar-refractivity contribution in [2.24, 2.45) is 5.92 Å². The number of likely N-dealkylation sites (N-methyl/N-ethyl adjacent to an activating group) is 1. The van der Waals surface area contributed by atoms with Crippen LogP contribution < -0.4 is 25.7 Å². The lowest BCUT2D eigenvalue weighted by Crippen LogP contribution is -2.52. The van der Waals surface area contributed by atoms with Crippen LogP contribution in [0.4, 0.5) is 5.95 Å². The fourth-order valence-corrected chi connectivity index (χ4v) is 6.77. The van der Waals surface area contributed by atoms with Crippen LogP contribution in [0.2, 0.25) is 10.0 Å². The number of amides is 2. The van der Waals surface area contributed by atoms with Crippen molar-refractivity contribution in [3.63, 3.8) is 0 Å². The van der Waals surface area contributed by atoms with Crippen LogP contribution in [0.15, 0.2) is 47.9 Å². The highest BCUT2D eigenvalue weighted by molar-refractivity contribution is 6.41. The van der Waals surface area contributed by atoms with E-state index in [1.54, 1.807) is 33.9 Å². The Morgan fingerprint density at radius 2 is 1.88 bits per heavy atom. The van der Waals surface area contributed by atoms with Crippen LogP contribution in [-0.2, 0) is 20.9 Å². The normalized spacial score (nSPS) is 19.4. The number of carbonyl (C=O) groups excluding carboxylic acids is 2. The molecule has 13 nitrogen and oxygen atoms in total. The first kappa shape index (κ1) is 36.1. The van der Waals surface area contributed by atoms with Crippen LogP contribution in [0.25, 0.3) is 22.2 Å². The molecule has 2 saturated heterocycles. The first-order valence-corrected chi connectivity index (χ1v) is 16.7. The first-order chi connectivity index (χ1) is 23.5. The number of likely N-dealkylation sites (tertiary alicyclic amines) is 1. The predicted molar refractivity (Wildman–Crippen MR) is 190 cm³/mol. The summed E-state index contributed by atoms with van der Waals surface area (Å²) in [7, 11) is 6.80. The number of nitrogens with one attached hydrogen (secondary N) is 2. The van der Waals surface area contributed by atoms with Crippen LogP contribution >= 0.6 is 23.2 Å². The minimum Gasteiger partial charge on any atom is -0.495 e. The van der Waals surface area contributed by atoms with Crippen molar-refractivity contribution in [3.8, 4) is 22.6 Å². The molecule has 3 atom stereocenters. The Kier molecular flexibility index (Phi) is 11.8. The maximum atomic E-state index is 14.5. The van der Waals surface area contributed by atoms with Gasteiger partial charge in [0.2, 0.25) is 17.8 Å². The van der Waals surface area contributed by atoms with Gasteiger partial charge in [-0.3, -0.25) is 19.0 Å². The van der Waals surface area contributed by atoms with Crippen LogP contribution in [0.5, 0.6) is 11.5 Å². The van der Waals surface area contributed by atoms with E-state index >= 15 is 0 Å². The van der Waals surface area contributed by atoms with Gasteiger partial charge in [0.25, 0.3) is 5.56 Å². The number of methoxy groups -OCH3 is 2. The van der Waals surface area contributed by atoms with E-state index in [4.69, 9.17) is 42.4 Å². The largest absolute Gasteiger partial charge is 0.495 e. The third-order valence-electron chi connectivity index (χ3n) is 8.62. The lowest BCUT2D eigenvalue weighted by Gasteiger charge is -2.32. The lowest BCUT2D eigenvalue weighted by atomic mass is 10.0. The second kappa shape index (κ2) is 16.0. The minimum atomic E-state index is -0.385. The van der Waals surface area contributed by atoms with Gasteiger partial charge in [-0.25, -0.2) is 4.98 Å². The molecule has 1 aromatic carbocycles. The molecule has 0 spiro atoms. The molecule has 0 aliphatic carbocycles. The molecular weight excluding hydrogens is 673 g/mol. The molecule has 2 N–H and O–H groups in total. The molecular formula is C34H41Cl2N7O6. The number of nitrogens with zero attached hydrogens (tertiary/aromatic N) is 5. The molecule has 262 valence electrons. The number of fused-ring (bicyclic) bond motifs is 1. The highest BCUT2D eigenvalue weighted by Crippen LogP contribution is 2.45. The zero-order chi connectivity index (χ0) is 35.2. The van der Waals surface area contributed by atoms with Gasteiger partial charge in [0, 0.05) is 62.1 Å². The van der Waals surface area contributed by atoms with E-state index in [0.29, 0.717) is 68.2 Å². The fourth-order valence-electron chi connectivity index (χ4n) is 6.07. The first-order valence-electron chi connectivity index (χ1n) is 15.9. The number of benzene rings is 1. The summed E-state index contributed by atoms with van der Waals surface area (Å²) in [5, 5.41) is 7.09. The number of hydrogen-bond donors (Lipinski definition) is 2. The van der Waals surface area contributed by atoms with E-state index in [1.807, 2.05) is 25.1 Å². The van der Waals surface area contributed by atoms with E-state index in [1.165, 1.54) is 20.3 Å². The molecule has 49 heavy (non-hydrogen) atoms.